The Labute approximate surface area is 201 Å². The van der Waals surface area contributed by atoms with Gasteiger partial charge in [-0.1, -0.05) is 18.2 Å². The highest BCUT2D eigenvalue weighted by Crippen LogP contribution is 2.34. The SMILES string of the molecule is CCOC(=O)c1c(C)oc2ccc(N(C(=O)c3ccccc3)S(=O)(=O)c3ccc(F)cc3C)cc12. The van der Waals surface area contributed by atoms with Crippen molar-refractivity contribution >= 4 is 38.6 Å². The molecule has 0 aliphatic heterocycles. The molecule has 1 aromatic heterocycles. The van der Waals surface area contributed by atoms with Crippen LogP contribution < -0.4 is 4.31 Å². The van der Waals surface area contributed by atoms with E-state index in [1.807, 2.05) is 0 Å². The molecule has 0 bridgehead atoms. The van der Waals surface area contributed by atoms with E-state index in [0.29, 0.717) is 21.0 Å². The van der Waals surface area contributed by atoms with Crippen molar-refractivity contribution in [1.29, 1.82) is 0 Å². The number of carbonyl (C=O) groups is 2. The van der Waals surface area contributed by atoms with Crippen LogP contribution in [0, 0.1) is 19.7 Å². The number of hydrogen-bond acceptors (Lipinski definition) is 6. The van der Waals surface area contributed by atoms with Crippen LogP contribution in [0.25, 0.3) is 11.0 Å². The molecule has 1 heterocycles. The number of fused-ring (bicyclic) bond motifs is 1. The Balaban J connectivity index is 1.96. The number of ether oxygens (including phenoxy) is 1. The number of benzene rings is 3. The fourth-order valence-electron chi connectivity index (χ4n) is 3.85. The summed E-state index contributed by atoms with van der Waals surface area (Å²) in [5.41, 5.74) is 0.734. The first-order valence-electron chi connectivity index (χ1n) is 10.8. The maximum Gasteiger partial charge on any atom is 0.342 e. The maximum atomic E-state index is 13.8. The molecule has 0 saturated carbocycles. The number of halogens is 1. The van der Waals surface area contributed by atoms with E-state index in [4.69, 9.17) is 9.15 Å². The van der Waals surface area contributed by atoms with Crippen LogP contribution in [0.2, 0.25) is 0 Å². The van der Waals surface area contributed by atoms with Crippen molar-refractivity contribution in [3.63, 3.8) is 0 Å². The fraction of sp³-hybridized carbons (Fsp3) is 0.154. The van der Waals surface area contributed by atoms with E-state index in [-0.39, 0.29) is 33.9 Å². The number of anilines is 1. The quantitative estimate of drug-likeness (QED) is 0.333. The van der Waals surface area contributed by atoms with Gasteiger partial charge in [-0.05, 0) is 74.9 Å². The molecule has 4 rings (SSSR count). The van der Waals surface area contributed by atoms with Crippen molar-refractivity contribution in [3.8, 4) is 0 Å². The number of aryl methyl sites for hydroxylation is 2. The van der Waals surface area contributed by atoms with Crippen molar-refractivity contribution in [2.24, 2.45) is 0 Å². The largest absolute Gasteiger partial charge is 0.462 e. The summed E-state index contributed by atoms with van der Waals surface area (Å²) in [6.07, 6.45) is 0. The average Bonchev–Trinajstić information content (AvgIpc) is 3.14. The zero-order chi connectivity index (χ0) is 25.3. The summed E-state index contributed by atoms with van der Waals surface area (Å²) in [4.78, 5) is 25.9. The Morgan fingerprint density at radius 2 is 1.71 bits per heavy atom. The standard InChI is InChI=1S/C26H22FNO6S/c1-4-33-26(30)24-17(3)34-22-12-11-20(15-21(22)24)28(25(29)18-8-6-5-7-9-18)35(31,32)23-13-10-19(27)14-16(23)2/h5-15H,4H2,1-3H3. The van der Waals surface area contributed by atoms with Gasteiger partial charge in [-0.3, -0.25) is 4.79 Å². The molecule has 0 spiro atoms. The Morgan fingerprint density at radius 1 is 1.00 bits per heavy atom. The van der Waals surface area contributed by atoms with Gasteiger partial charge in [0.2, 0.25) is 0 Å². The van der Waals surface area contributed by atoms with Gasteiger partial charge in [-0.25, -0.2) is 17.6 Å². The molecule has 0 aliphatic carbocycles. The van der Waals surface area contributed by atoms with Gasteiger partial charge in [0.1, 0.15) is 22.7 Å². The highest BCUT2D eigenvalue weighted by Gasteiger charge is 2.34. The summed E-state index contributed by atoms with van der Waals surface area (Å²) < 4.78 is 52.8. The van der Waals surface area contributed by atoms with E-state index in [9.17, 15) is 22.4 Å². The topological polar surface area (TPSA) is 93.9 Å². The molecule has 0 N–H and O–H groups in total. The summed E-state index contributed by atoms with van der Waals surface area (Å²) in [6.45, 7) is 4.85. The van der Waals surface area contributed by atoms with Crippen LogP contribution in [-0.4, -0.2) is 26.9 Å². The van der Waals surface area contributed by atoms with Crippen LogP contribution in [0.1, 0.15) is 39.0 Å². The highest BCUT2D eigenvalue weighted by molar-refractivity contribution is 7.93. The molecule has 0 saturated heterocycles. The Kier molecular flexibility index (Phi) is 6.45. The average molecular weight is 496 g/mol. The van der Waals surface area contributed by atoms with E-state index in [0.717, 1.165) is 18.2 Å². The van der Waals surface area contributed by atoms with Crippen molar-refractivity contribution in [1.82, 2.24) is 0 Å². The third-order valence-corrected chi connectivity index (χ3v) is 7.29. The van der Waals surface area contributed by atoms with E-state index in [1.165, 1.54) is 37.3 Å². The minimum atomic E-state index is -4.48. The molecule has 3 aromatic carbocycles. The van der Waals surface area contributed by atoms with Gasteiger partial charge in [0, 0.05) is 10.9 Å². The lowest BCUT2D eigenvalue weighted by Crippen LogP contribution is -2.37. The first-order chi connectivity index (χ1) is 16.6. The fourth-order valence-corrected chi connectivity index (χ4v) is 5.47. The smallest absolute Gasteiger partial charge is 0.342 e. The molecule has 0 fully saturated rings. The minimum absolute atomic E-state index is 0.0126. The molecule has 7 nitrogen and oxygen atoms in total. The summed E-state index contributed by atoms with van der Waals surface area (Å²) in [6, 6.07) is 15.4. The zero-order valence-electron chi connectivity index (χ0n) is 19.2. The van der Waals surface area contributed by atoms with Gasteiger partial charge >= 0.3 is 5.97 Å². The van der Waals surface area contributed by atoms with Crippen molar-refractivity contribution in [3.05, 3.63) is 95.0 Å². The first-order valence-corrected chi connectivity index (χ1v) is 12.2. The highest BCUT2D eigenvalue weighted by atomic mass is 32.2. The van der Waals surface area contributed by atoms with Crippen LogP contribution in [0.3, 0.4) is 0 Å². The van der Waals surface area contributed by atoms with E-state index in [2.05, 4.69) is 0 Å². The normalized spacial score (nSPS) is 11.4. The van der Waals surface area contributed by atoms with Gasteiger partial charge in [0.25, 0.3) is 15.9 Å². The Bertz CT molecular complexity index is 1540. The van der Waals surface area contributed by atoms with Crippen molar-refractivity contribution in [2.75, 3.05) is 10.9 Å². The Hall–Kier alpha value is -3.98. The van der Waals surface area contributed by atoms with Gasteiger partial charge in [-0.2, -0.15) is 4.31 Å². The third-order valence-electron chi connectivity index (χ3n) is 5.42. The molecule has 1 amide bonds. The third kappa shape index (κ3) is 4.42. The first kappa shape index (κ1) is 24.2. The second-order valence-corrected chi connectivity index (χ2v) is 9.54. The number of amides is 1. The van der Waals surface area contributed by atoms with Crippen molar-refractivity contribution in [2.45, 2.75) is 25.7 Å². The van der Waals surface area contributed by atoms with Crippen LogP contribution >= 0.6 is 0 Å². The van der Waals surface area contributed by atoms with E-state index >= 15 is 0 Å². The van der Waals surface area contributed by atoms with Gasteiger partial charge < -0.3 is 9.15 Å². The van der Waals surface area contributed by atoms with Crippen LogP contribution in [0.4, 0.5) is 10.1 Å². The molecule has 0 atom stereocenters. The number of furan rings is 1. The van der Waals surface area contributed by atoms with Crippen LogP contribution in [0.5, 0.6) is 0 Å². The summed E-state index contributed by atoms with van der Waals surface area (Å²) in [7, 11) is -4.48. The Morgan fingerprint density at radius 3 is 2.37 bits per heavy atom. The molecule has 180 valence electrons. The minimum Gasteiger partial charge on any atom is -0.462 e. The lowest BCUT2D eigenvalue weighted by Gasteiger charge is -2.24. The van der Waals surface area contributed by atoms with E-state index < -0.39 is 27.7 Å². The lowest BCUT2D eigenvalue weighted by molar-refractivity contribution is 0.0526. The molecule has 9 heteroatoms. The molecule has 35 heavy (non-hydrogen) atoms. The van der Waals surface area contributed by atoms with Gasteiger partial charge in [0.05, 0.1) is 17.2 Å². The summed E-state index contributed by atoms with van der Waals surface area (Å²) >= 11 is 0. The number of rotatable bonds is 6. The number of sulfonamides is 1. The molecule has 0 radical (unpaired) electrons. The number of hydrogen-bond donors (Lipinski definition) is 0. The molecular weight excluding hydrogens is 473 g/mol. The molecule has 4 aromatic rings. The number of nitrogens with zero attached hydrogens (tertiary/aromatic N) is 1. The van der Waals surface area contributed by atoms with E-state index in [1.54, 1.807) is 32.0 Å². The summed E-state index contributed by atoms with van der Waals surface area (Å²) in [5, 5.41) is 0.301. The van der Waals surface area contributed by atoms with Crippen LogP contribution in [0.15, 0.2) is 76.0 Å². The number of esters is 1. The molecule has 0 unspecified atom stereocenters. The predicted molar refractivity (Wildman–Crippen MR) is 128 cm³/mol. The predicted octanol–water partition coefficient (Wildman–Crippen LogP) is 5.40. The monoisotopic (exact) mass is 495 g/mol. The zero-order valence-corrected chi connectivity index (χ0v) is 20.1. The van der Waals surface area contributed by atoms with Gasteiger partial charge in [-0.15, -0.1) is 0 Å². The van der Waals surface area contributed by atoms with Gasteiger partial charge in [0.15, 0.2) is 0 Å². The molecular formula is C26H22FNO6S. The van der Waals surface area contributed by atoms with Crippen molar-refractivity contribution < 1.29 is 31.6 Å². The number of carbonyl (C=O) groups excluding carboxylic acids is 2. The second-order valence-electron chi connectivity index (χ2n) is 7.78. The maximum absolute atomic E-state index is 13.8. The lowest BCUT2D eigenvalue weighted by atomic mass is 10.1. The summed E-state index contributed by atoms with van der Waals surface area (Å²) in [5.74, 6) is -1.74. The van der Waals surface area contributed by atoms with Crippen LogP contribution in [-0.2, 0) is 14.8 Å². The molecule has 0 aliphatic rings. The second kappa shape index (κ2) is 9.34.